The summed E-state index contributed by atoms with van der Waals surface area (Å²) in [6.07, 6.45) is 52.2. The van der Waals surface area contributed by atoms with E-state index in [0.29, 0.717) is 0 Å². The number of benzene rings is 5. The van der Waals surface area contributed by atoms with Crippen molar-refractivity contribution in [2.24, 2.45) is 0 Å². The van der Waals surface area contributed by atoms with Crippen LogP contribution in [0.25, 0.3) is 67.0 Å². The Morgan fingerprint density at radius 3 is 0.837 bits per heavy atom. The third kappa shape index (κ3) is 16.8. The third-order valence-corrected chi connectivity index (χ3v) is 22.4. The van der Waals surface area contributed by atoms with Crippen molar-refractivity contribution in [1.29, 1.82) is 0 Å². The molecule has 0 radical (unpaired) electrons. The quantitative estimate of drug-likeness (QED) is 0.0358. The zero-order valence-corrected chi connectivity index (χ0v) is 59.9. The Bertz CT molecular complexity index is 3170. The largest absolute Gasteiger partial charge is 0.158 e. The van der Waals surface area contributed by atoms with Gasteiger partial charge in [0.05, 0.1) is 23.8 Å². The Kier molecular flexibility index (Phi) is 27.4. The first-order valence-corrected chi connectivity index (χ1v) is 38.4. The zero-order valence-electron chi connectivity index (χ0n) is 59.9. The standard InChI is InChI=1S/C88H122N4/c1-11-17-23-29-33-39-53-87(54-40-34-30-24-18-12-2)81-59-71(45-49-75(81)77-51-47-73(61-83(77)87)85-67(9)65(7)63-89-91-85)79-57-70(44-38-28-22-16-6)80(58-69(79)43-37-27-21-15-5)72-46-50-76-78-52-48-74(86-68(10)66(8)64-90-92-86)62-84(78)88(82(76)60-72,55-41-35-31-25-19-13-3)56-42-36-32-26-20-14-4/h45-52,57-64H,11-44,53-56H2,1-10H3. The fourth-order valence-corrected chi connectivity index (χ4v) is 16.5. The molecule has 0 aliphatic heterocycles. The van der Waals surface area contributed by atoms with Crippen molar-refractivity contribution in [1.82, 2.24) is 20.4 Å². The lowest BCUT2D eigenvalue weighted by Gasteiger charge is -2.34. The highest BCUT2D eigenvalue weighted by molar-refractivity contribution is 5.89. The molecule has 7 aromatic rings. The van der Waals surface area contributed by atoms with Gasteiger partial charge in [0.2, 0.25) is 0 Å². The Morgan fingerprint density at radius 1 is 0.272 bits per heavy atom. The van der Waals surface area contributed by atoms with E-state index in [4.69, 9.17) is 10.2 Å². The Balaban J connectivity index is 1.21. The average Bonchev–Trinajstić information content (AvgIpc) is 1.56. The van der Waals surface area contributed by atoms with Gasteiger partial charge in [0.1, 0.15) is 0 Å². The van der Waals surface area contributed by atoms with E-state index in [-0.39, 0.29) is 10.8 Å². The number of aromatic nitrogens is 4. The van der Waals surface area contributed by atoms with Gasteiger partial charge in [0, 0.05) is 22.0 Å². The lowest BCUT2D eigenvalue weighted by Crippen LogP contribution is -2.26. The third-order valence-electron chi connectivity index (χ3n) is 22.4. The van der Waals surface area contributed by atoms with Crippen molar-refractivity contribution in [3.05, 3.63) is 153 Å². The molecule has 4 nitrogen and oxygen atoms in total. The number of nitrogens with zero attached hydrogens (tertiary/aromatic N) is 4. The molecule has 0 atom stereocenters. The first kappa shape index (κ1) is 70.6. The SMILES string of the molecule is CCCCCCCCC1(CCCCCCCC)c2cc(-c3cc(CCCCCC)c(-c4ccc5c(c4)C(CCCCCCCC)(CCCCCCCC)c4cc(-c6nncc(C)c6C)ccc4-5)cc3CCCCCC)ccc2-c2ccc(-c3nncc(C)c3C)cc21. The molecule has 5 aromatic carbocycles. The maximum atomic E-state index is 4.85. The molecular weight excluding hydrogens is 1110 g/mol. The normalized spacial score (nSPS) is 13.4. The van der Waals surface area contributed by atoms with Gasteiger partial charge in [-0.05, 0) is 203 Å². The highest BCUT2D eigenvalue weighted by Crippen LogP contribution is 2.58. The second-order valence-corrected chi connectivity index (χ2v) is 29.1. The van der Waals surface area contributed by atoms with Gasteiger partial charge in [-0.2, -0.15) is 20.4 Å². The molecule has 494 valence electrons. The minimum absolute atomic E-state index is 0.0753. The lowest BCUT2D eigenvalue weighted by atomic mass is 9.69. The van der Waals surface area contributed by atoms with Gasteiger partial charge in [0.15, 0.2) is 0 Å². The average molecular weight is 1240 g/mol. The smallest absolute Gasteiger partial charge is 0.0961 e. The Morgan fingerprint density at radius 2 is 0.533 bits per heavy atom. The van der Waals surface area contributed by atoms with Crippen LogP contribution in [-0.2, 0) is 23.7 Å². The van der Waals surface area contributed by atoms with Crippen LogP contribution in [0.5, 0.6) is 0 Å². The number of hydrogen-bond acceptors (Lipinski definition) is 4. The predicted octanol–water partition coefficient (Wildman–Crippen LogP) is 26.9. The van der Waals surface area contributed by atoms with E-state index in [1.165, 1.54) is 331 Å². The molecule has 0 spiro atoms. The summed E-state index contributed by atoms with van der Waals surface area (Å²) < 4.78 is 0. The lowest BCUT2D eigenvalue weighted by molar-refractivity contribution is 0.398. The molecular formula is C88H122N4. The summed E-state index contributed by atoms with van der Waals surface area (Å²) in [4.78, 5) is 0. The Hall–Kier alpha value is -5.74. The van der Waals surface area contributed by atoms with Crippen LogP contribution >= 0.6 is 0 Å². The van der Waals surface area contributed by atoms with E-state index in [9.17, 15) is 0 Å². The molecule has 0 amide bonds. The van der Waals surface area contributed by atoms with Crippen LogP contribution in [0.2, 0.25) is 0 Å². The van der Waals surface area contributed by atoms with Gasteiger partial charge in [-0.1, -0.05) is 295 Å². The molecule has 2 aromatic heterocycles. The predicted molar refractivity (Wildman–Crippen MR) is 398 cm³/mol. The van der Waals surface area contributed by atoms with Gasteiger partial charge < -0.3 is 0 Å². The molecule has 2 heterocycles. The summed E-state index contributed by atoms with van der Waals surface area (Å²) in [5.74, 6) is 0. The van der Waals surface area contributed by atoms with Crippen LogP contribution < -0.4 is 0 Å². The first-order valence-electron chi connectivity index (χ1n) is 38.4. The molecule has 0 saturated heterocycles. The fourth-order valence-electron chi connectivity index (χ4n) is 16.5. The van der Waals surface area contributed by atoms with E-state index in [2.05, 4.69) is 164 Å². The minimum atomic E-state index is -0.0753. The topological polar surface area (TPSA) is 51.6 Å². The monoisotopic (exact) mass is 1230 g/mol. The van der Waals surface area contributed by atoms with E-state index < -0.39 is 0 Å². The highest BCUT2D eigenvalue weighted by Gasteiger charge is 2.45. The number of fused-ring (bicyclic) bond motifs is 6. The summed E-state index contributed by atoms with van der Waals surface area (Å²) >= 11 is 0. The maximum Gasteiger partial charge on any atom is 0.0961 e. The van der Waals surface area contributed by atoms with Crippen molar-refractivity contribution >= 4 is 0 Å². The summed E-state index contributed by atoms with van der Waals surface area (Å²) in [6.45, 7) is 23.0. The van der Waals surface area contributed by atoms with E-state index in [0.717, 1.165) is 24.2 Å². The van der Waals surface area contributed by atoms with E-state index >= 15 is 0 Å². The van der Waals surface area contributed by atoms with Crippen LogP contribution in [0, 0.1) is 27.7 Å². The number of unbranched alkanes of at least 4 members (excludes halogenated alkanes) is 26. The molecule has 4 heteroatoms. The van der Waals surface area contributed by atoms with Crippen molar-refractivity contribution in [3.63, 3.8) is 0 Å². The zero-order chi connectivity index (χ0) is 64.7. The van der Waals surface area contributed by atoms with Crippen LogP contribution in [0.3, 0.4) is 0 Å². The molecule has 92 heavy (non-hydrogen) atoms. The van der Waals surface area contributed by atoms with Crippen molar-refractivity contribution in [3.8, 4) is 67.0 Å². The number of rotatable bonds is 42. The van der Waals surface area contributed by atoms with Gasteiger partial charge >= 0.3 is 0 Å². The summed E-state index contributed by atoms with van der Waals surface area (Å²) in [6, 6.07) is 36.1. The molecule has 9 rings (SSSR count). The second-order valence-electron chi connectivity index (χ2n) is 29.1. The van der Waals surface area contributed by atoms with Crippen LogP contribution in [-0.4, -0.2) is 20.4 Å². The summed E-state index contributed by atoms with van der Waals surface area (Å²) in [7, 11) is 0. The molecule has 0 saturated carbocycles. The van der Waals surface area contributed by atoms with E-state index in [1.807, 2.05) is 12.4 Å². The second kappa shape index (κ2) is 35.7. The molecule has 0 bridgehead atoms. The van der Waals surface area contributed by atoms with Crippen molar-refractivity contribution in [2.75, 3.05) is 0 Å². The van der Waals surface area contributed by atoms with Crippen LogP contribution in [0.4, 0.5) is 0 Å². The Labute approximate surface area is 561 Å². The first-order chi connectivity index (χ1) is 45.1. The molecule has 0 unspecified atom stereocenters. The number of hydrogen-bond donors (Lipinski definition) is 0. The maximum absolute atomic E-state index is 4.85. The molecule has 0 fully saturated rings. The summed E-state index contributed by atoms with van der Waals surface area (Å²) in [5.41, 5.74) is 30.1. The van der Waals surface area contributed by atoms with Crippen LogP contribution in [0.15, 0.2) is 97.3 Å². The summed E-state index contributed by atoms with van der Waals surface area (Å²) in [5, 5.41) is 18.8. The van der Waals surface area contributed by atoms with E-state index in [1.54, 1.807) is 11.1 Å². The van der Waals surface area contributed by atoms with Gasteiger partial charge in [0.25, 0.3) is 0 Å². The molecule has 0 N–H and O–H groups in total. The molecule has 2 aliphatic carbocycles. The van der Waals surface area contributed by atoms with Gasteiger partial charge in [-0.3, -0.25) is 0 Å². The van der Waals surface area contributed by atoms with Gasteiger partial charge in [-0.15, -0.1) is 0 Å². The van der Waals surface area contributed by atoms with Crippen molar-refractivity contribution < 1.29 is 0 Å². The van der Waals surface area contributed by atoms with Crippen LogP contribution in [0.1, 0.15) is 328 Å². The number of aryl methyl sites for hydroxylation is 4. The minimum Gasteiger partial charge on any atom is -0.158 e. The van der Waals surface area contributed by atoms with Gasteiger partial charge in [-0.25, -0.2) is 0 Å². The highest BCUT2D eigenvalue weighted by atomic mass is 15.1. The van der Waals surface area contributed by atoms with Crippen molar-refractivity contribution in [2.45, 2.75) is 324 Å². The molecule has 2 aliphatic rings. The fraction of sp³-hybridized carbons (Fsp3) is 0.568.